The zero-order valence-corrected chi connectivity index (χ0v) is 15.5. The molecule has 4 rings (SSSR count). The van der Waals surface area contributed by atoms with Gasteiger partial charge in [0.2, 0.25) is 0 Å². The second-order valence-corrected chi connectivity index (χ2v) is 7.77. The van der Waals surface area contributed by atoms with Crippen molar-refractivity contribution in [3.05, 3.63) is 53.3 Å². The third-order valence-corrected chi connectivity index (χ3v) is 5.82. The molecule has 5 heteroatoms. The van der Waals surface area contributed by atoms with Crippen molar-refractivity contribution >= 4 is 5.91 Å². The average molecular weight is 352 g/mol. The fraction of sp³-hybridized carbons (Fsp3) is 0.524. The van der Waals surface area contributed by atoms with Crippen LogP contribution in [0, 0.1) is 5.92 Å². The second-order valence-electron chi connectivity index (χ2n) is 7.77. The molecule has 1 aromatic carbocycles. The standard InChI is InChI=1S/C21H28N4O/c1-24-12-10-19(17(15-24)13-16-7-3-2-4-8-16)23-21(26)18-14-22-25-11-6-5-9-20(18)25/h2-4,7-8,14,17,19H,5-6,9-13,15H2,1H3,(H,23,26)/t17-,19+/m0/s1. The summed E-state index contributed by atoms with van der Waals surface area (Å²) >= 11 is 0. The van der Waals surface area contributed by atoms with Crippen LogP contribution in [0.25, 0.3) is 0 Å². The summed E-state index contributed by atoms with van der Waals surface area (Å²) in [6.45, 7) is 2.99. The summed E-state index contributed by atoms with van der Waals surface area (Å²) in [5, 5.41) is 7.76. The van der Waals surface area contributed by atoms with E-state index >= 15 is 0 Å². The molecule has 2 aromatic rings. The van der Waals surface area contributed by atoms with E-state index in [4.69, 9.17) is 0 Å². The van der Waals surface area contributed by atoms with E-state index in [-0.39, 0.29) is 11.9 Å². The molecule has 2 aliphatic heterocycles. The van der Waals surface area contributed by atoms with E-state index in [0.717, 1.165) is 63.0 Å². The van der Waals surface area contributed by atoms with Gasteiger partial charge in [0.25, 0.3) is 5.91 Å². The summed E-state index contributed by atoms with van der Waals surface area (Å²) in [6.07, 6.45) is 7.03. The first kappa shape index (κ1) is 17.3. The Balaban J connectivity index is 1.48. The fourth-order valence-electron chi connectivity index (χ4n) is 4.38. The fourth-order valence-corrected chi connectivity index (χ4v) is 4.38. The number of aromatic nitrogens is 2. The van der Waals surface area contributed by atoms with Crippen molar-refractivity contribution in [3.8, 4) is 0 Å². The monoisotopic (exact) mass is 352 g/mol. The number of benzene rings is 1. The van der Waals surface area contributed by atoms with Gasteiger partial charge >= 0.3 is 0 Å². The second kappa shape index (κ2) is 7.62. The van der Waals surface area contributed by atoms with Crippen LogP contribution >= 0.6 is 0 Å². The number of rotatable bonds is 4. The maximum absolute atomic E-state index is 12.9. The van der Waals surface area contributed by atoms with Crippen LogP contribution in [0.2, 0.25) is 0 Å². The quantitative estimate of drug-likeness (QED) is 0.920. The number of hydrogen-bond acceptors (Lipinski definition) is 3. The Morgan fingerprint density at radius 3 is 2.92 bits per heavy atom. The van der Waals surface area contributed by atoms with Gasteiger partial charge in [0, 0.05) is 19.1 Å². The number of likely N-dealkylation sites (tertiary alicyclic amines) is 1. The molecular formula is C21H28N4O. The van der Waals surface area contributed by atoms with E-state index in [1.165, 1.54) is 5.56 Å². The lowest BCUT2D eigenvalue weighted by atomic mass is 9.86. The molecule has 1 saturated heterocycles. The first-order chi connectivity index (χ1) is 12.7. The highest BCUT2D eigenvalue weighted by Crippen LogP contribution is 2.23. The van der Waals surface area contributed by atoms with Crippen LogP contribution in [0.5, 0.6) is 0 Å². The lowest BCUT2D eigenvalue weighted by molar-refractivity contribution is 0.0872. The van der Waals surface area contributed by atoms with Crippen LogP contribution in [0.3, 0.4) is 0 Å². The molecule has 0 saturated carbocycles. The number of nitrogens with zero attached hydrogens (tertiary/aromatic N) is 3. The SMILES string of the molecule is CN1CC[C@@H](NC(=O)c2cnn3c2CCCC3)[C@@H](Cc2ccccc2)C1. The van der Waals surface area contributed by atoms with Crippen LogP contribution in [0.1, 0.15) is 40.9 Å². The van der Waals surface area contributed by atoms with Gasteiger partial charge in [0.05, 0.1) is 17.5 Å². The highest BCUT2D eigenvalue weighted by Gasteiger charge is 2.30. The maximum Gasteiger partial charge on any atom is 0.254 e. The normalized spacial score (nSPS) is 23.4. The van der Waals surface area contributed by atoms with Gasteiger partial charge in [-0.2, -0.15) is 5.10 Å². The van der Waals surface area contributed by atoms with Crippen LogP contribution in [0.4, 0.5) is 0 Å². The summed E-state index contributed by atoms with van der Waals surface area (Å²) in [5.74, 6) is 0.493. The smallest absolute Gasteiger partial charge is 0.254 e. The molecule has 1 N–H and O–H groups in total. The zero-order valence-electron chi connectivity index (χ0n) is 15.5. The Morgan fingerprint density at radius 2 is 2.08 bits per heavy atom. The van der Waals surface area contributed by atoms with Crippen molar-refractivity contribution in [2.45, 2.75) is 44.7 Å². The highest BCUT2D eigenvalue weighted by atomic mass is 16.1. The Morgan fingerprint density at radius 1 is 1.23 bits per heavy atom. The molecule has 5 nitrogen and oxygen atoms in total. The van der Waals surface area contributed by atoms with E-state index in [1.807, 2.05) is 4.68 Å². The van der Waals surface area contributed by atoms with Crippen LogP contribution in [0.15, 0.2) is 36.5 Å². The van der Waals surface area contributed by atoms with Crippen molar-refractivity contribution in [1.29, 1.82) is 0 Å². The largest absolute Gasteiger partial charge is 0.349 e. The predicted octanol–water partition coefficient (Wildman–Crippen LogP) is 2.51. The molecule has 0 unspecified atom stereocenters. The molecule has 2 aliphatic rings. The lowest BCUT2D eigenvalue weighted by Crippen LogP contribution is -2.50. The number of carbonyl (C=O) groups is 1. The summed E-state index contributed by atoms with van der Waals surface area (Å²) < 4.78 is 2.01. The third-order valence-electron chi connectivity index (χ3n) is 5.82. The molecular weight excluding hydrogens is 324 g/mol. The van der Waals surface area contributed by atoms with Gasteiger partial charge in [-0.05, 0) is 57.2 Å². The van der Waals surface area contributed by atoms with Gasteiger partial charge in [-0.1, -0.05) is 30.3 Å². The maximum atomic E-state index is 12.9. The van der Waals surface area contributed by atoms with Crippen molar-refractivity contribution in [1.82, 2.24) is 20.0 Å². The molecule has 0 bridgehead atoms. The van der Waals surface area contributed by atoms with Crippen molar-refractivity contribution in [3.63, 3.8) is 0 Å². The van der Waals surface area contributed by atoms with E-state index in [1.54, 1.807) is 6.20 Å². The Kier molecular flexibility index (Phi) is 5.07. The molecule has 2 atom stereocenters. The first-order valence-electron chi connectivity index (χ1n) is 9.79. The van der Waals surface area contributed by atoms with Crippen LogP contribution in [-0.4, -0.2) is 46.8 Å². The van der Waals surface area contributed by atoms with Gasteiger partial charge in [0.1, 0.15) is 0 Å². The molecule has 1 amide bonds. The number of piperidine rings is 1. The summed E-state index contributed by atoms with van der Waals surface area (Å²) in [4.78, 5) is 15.3. The number of carbonyl (C=O) groups excluding carboxylic acids is 1. The topological polar surface area (TPSA) is 50.2 Å². The lowest BCUT2D eigenvalue weighted by Gasteiger charge is -2.37. The minimum Gasteiger partial charge on any atom is -0.349 e. The van der Waals surface area contributed by atoms with Crippen molar-refractivity contribution < 1.29 is 4.79 Å². The first-order valence-corrected chi connectivity index (χ1v) is 9.79. The van der Waals surface area contributed by atoms with E-state index in [2.05, 4.69) is 52.7 Å². The third kappa shape index (κ3) is 3.68. The summed E-state index contributed by atoms with van der Waals surface area (Å²) in [6, 6.07) is 10.8. The van der Waals surface area contributed by atoms with Gasteiger partial charge in [-0.25, -0.2) is 0 Å². The number of nitrogens with one attached hydrogen (secondary N) is 1. The molecule has 0 radical (unpaired) electrons. The average Bonchev–Trinajstić information content (AvgIpc) is 3.09. The van der Waals surface area contributed by atoms with E-state index in [9.17, 15) is 4.79 Å². The molecule has 3 heterocycles. The van der Waals surface area contributed by atoms with Gasteiger partial charge in [-0.3, -0.25) is 9.48 Å². The highest BCUT2D eigenvalue weighted by molar-refractivity contribution is 5.95. The van der Waals surface area contributed by atoms with E-state index < -0.39 is 0 Å². The number of hydrogen-bond donors (Lipinski definition) is 1. The van der Waals surface area contributed by atoms with Crippen molar-refractivity contribution in [2.75, 3.05) is 20.1 Å². The Bertz CT molecular complexity index is 755. The molecule has 138 valence electrons. The Hall–Kier alpha value is -2.14. The molecule has 1 fully saturated rings. The van der Waals surface area contributed by atoms with Gasteiger partial charge in [-0.15, -0.1) is 0 Å². The van der Waals surface area contributed by atoms with Crippen LogP contribution < -0.4 is 5.32 Å². The van der Waals surface area contributed by atoms with Crippen LogP contribution in [-0.2, 0) is 19.4 Å². The minimum atomic E-state index is 0.0563. The zero-order chi connectivity index (χ0) is 17.9. The summed E-state index contributed by atoms with van der Waals surface area (Å²) in [5.41, 5.74) is 3.23. The van der Waals surface area contributed by atoms with E-state index in [0.29, 0.717) is 5.92 Å². The molecule has 0 spiro atoms. The predicted molar refractivity (Wildman–Crippen MR) is 102 cm³/mol. The molecule has 26 heavy (non-hydrogen) atoms. The molecule has 0 aliphatic carbocycles. The van der Waals surface area contributed by atoms with Crippen molar-refractivity contribution in [2.24, 2.45) is 5.92 Å². The van der Waals surface area contributed by atoms with Gasteiger partial charge in [0.15, 0.2) is 0 Å². The molecule has 1 aromatic heterocycles. The minimum absolute atomic E-state index is 0.0563. The number of fused-ring (bicyclic) bond motifs is 1. The van der Waals surface area contributed by atoms with Gasteiger partial charge < -0.3 is 10.2 Å². The number of aryl methyl sites for hydroxylation is 1. The Labute approximate surface area is 155 Å². The number of amides is 1. The summed E-state index contributed by atoms with van der Waals surface area (Å²) in [7, 11) is 2.17.